The van der Waals surface area contributed by atoms with Crippen LogP contribution in [-0.4, -0.2) is 65.4 Å². The normalized spacial score (nSPS) is 22.6. The molecule has 0 radical (unpaired) electrons. The summed E-state index contributed by atoms with van der Waals surface area (Å²) in [4.78, 5) is 15.8. The van der Waals surface area contributed by atoms with Crippen LogP contribution in [0.15, 0.2) is 0 Å². The molecular formula is C12H24N2O3. The van der Waals surface area contributed by atoms with Gasteiger partial charge in [-0.2, -0.15) is 0 Å². The van der Waals surface area contributed by atoms with Gasteiger partial charge in [0, 0.05) is 32.2 Å². The van der Waals surface area contributed by atoms with Gasteiger partial charge in [0.2, 0.25) is 0 Å². The maximum absolute atomic E-state index is 11.9. The van der Waals surface area contributed by atoms with Crippen molar-refractivity contribution >= 4 is 6.09 Å². The van der Waals surface area contributed by atoms with E-state index in [9.17, 15) is 4.79 Å². The average Bonchev–Trinajstić information content (AvgIpc) is 2.15. The van der Waals surface area contributed by atoms with Gasteiger partial charge in [-0.1, -0.05) is 0 Å². The number of amides is 1. The number of aliphatic hydroxyl groups is 1. The molecular weight excluding hydrogens is 220 g/mol. The van der Waals surface area contributed by atoms with E-state index in [0.29, 0.717) is 13.1 Å². The van der Waals surface area contributed by atoms with Crippen molar-refractivity contribution < 1.29 is 14.6 Å². The summed E-state index contributed by atoms with van der Waals surface area (Å²) in [6.07, 6.45) is -0.242. The number of rotatable bonds is 2. The number of β-amino-alcohol motifs (C(OH)–C–C–N with tert-alkyl or cyclic N) is 1. The number of hydrogen-bond donors (Lipinski definition) is 1. The van der Waals surface area contributed by atoms with Gasteiger partial charge in [-0.05, 0) is 27.7 Å². The van der Waals surface area contributed by atoms with Crippen molar-refractivity contribution in [2.24, 2.45) is 0 Å². The highest BCUT2D eigenvalue weighted by Crippen LogP contribution is 2.15. The maximum atomic E-state index is 11.9. The van der Waals surface area contributed by atoms with E-state index in [-0.39, 0.29) is 18.7 Å². The summed E-state index contributed by atoms with van der Waals surface area (Å²) in [5.74, 6) is 0. The molecule has 0 aliphatic carbocycles. The van der Waals surface area contributed by atoms with Crippen molar-refractivity contribution in [1.82, 2.24) is 9.80 Å². The Morgan fingerprint density at radius 3 is 2.53 bits per heavy atom. The van der Waals surface area contributed by atoms with Gasteiger partial charge in [0.25, 0.3) is 0 Å². The van der Waals surface area contributed by atoms with Crippen molar-refractivity contribution in [2.75, 3.05) is 32.8 Å². The van der Waals surface area contributed by atoms with Crippen LogP contribution < -0.4 is 0 Å². The number of nitrogens with zero attached hydrogens (tertiary/aromatic N) is 2. The van der Waals surface area contributed by atoms with Gasteiger partial charge >= 0.3 is 6.09 Å². The lowest BCUT2D eigenvalue weighted by molar-refractivity contribution is 0.0000298. The molecule has 17 heavy (non-hydrogen) atoms. The molecule has 0 aromatic heterocycles. The first-order chi connectivity index (χ1) is 7.83. The second-order valence-electron chi connectivity index (χ2n) is 5.55. The molecule has 0 aromatic carbocycles. The van der Waals surface area contributed by atoms with E-state index in [1.165, 1.54) is 0 Å². The van der Waals surface area contributed by atoms with Gasteiger partial charge in [-0.3, -0.25) is 4.90 Å². The van der Waals surface area contributed by atoms with Gasteiger partial charge in [-0.25, -0.2) is 4.79 Å². The predicted octanol–water partition coefficient (Wildman–Crippen LogP) is 0.920. The van der Waals surface area contributed by atoms with Crippen LogP contribution >= 0.6 is 0 Å². The monoisotopic (exact) mass is 244 g/mol. The summed E-state index contributed by atoms with van der Waals surface area (Å²) in [6.45, 7) is 10.7. The Balaban J connectivity index is 2.49. The van der Waals surface area contributed by atoms with E-state index < -0.39 is 5.60 Å². The van der Waals surface area contributed by atoms with Crippen LogP contribution in [0.3, 0.4) is 0 Å². The van der Waals surface area contributed by atoms with E-state index >= 15 is 0 Å². The first-order valence-electron chi connectivity index (χ1n) is 6.16. The lowest BCUT2D eigenvalue weighted by atomic mass is 10.2. The third-order valence-electron chi connectivity index (χ3n) is 2.76. The number of piperazine rings is 1. The van der Waals surface area contributed by atoms with E-state index in [1.807, 2.05) is 27.7 Å². The number of hydrogen-bond acceptors (Lipinski definition) is 4. The molecule has 5 nitrogen and oxygen atoms in total. The molecule has 1 heterocycles. The van der Waals surface area contributed by atoms with E-state index in [4.69, 9.17) is 9.84 Å². The third kappa shape index (κ3) is 4.52. The molecule has 1 aliphatic heterocycles. The molecule has 5 heteroatoms. The Labute approximate surface area is 103 Å². The zero-order chi connectivity index (χ0) is 13.1. The van der Waals surface area contributed by atoms with Crippen molar-refractivity contribution in [2.45, 2.75) is 39.3 Å². The molecule has 1 N–H and O–H groups in total. The highest BCUT2D eigenvalue weighted by molar-refractivity contribution is 5.68. The molecule has 0 saturated carbocycles. The van der Waals surface area contributed by atoms with Gasteiger partial charge in [0.15, 0.2) is 0 Å². The minimum absolute atomic E-state index is 0.130. The lowest BCUT2D eigenvalue weighted by Gasteiger charge is -2.40. The van der Waals surface area contributed by atoms with E-state index in [0.717, 1.165) is 13.1 Å². The maximum Gasteiger partial charge on any atom is 0.410 e. The first-order valence-corrected chi connectivity index (χ1v) is 6.16. The summed E-state index contributed by atoms with van der Waals surface area (Å²) in [5.41, 5.74) is -0.445. The van der Waals surface area contributed by atoms with Crippen LogP contribution in [0.25, 0.3) is 0 Å². The fourth-order valence-corrected chi connectivity index (χ4v) is 1.97. The summed E-state index contributed by atoms with van der Waals surface area (Å²) in [5, 5.41) is 8.89. The van der Waals surface area contributed by atoms with Crippen LogP contribution in [0, 0.1) is 0 Å². The molecule has 0 unspecified atom stereocenters. The van der Waals surface area contributed by atoms with E-state index in [1.54, 1.807) is 4.90 Å². The summed E-state index contributed by atoms with van der Waals surface area (Å²) >= 11 is 0. The highest BCUT2D eigenvalue weighted by Gasteiger charge is 2.30. The SMILES string of the molecule is C[C@H]1CN(CCO)CCN1C(=O)OC(C)(C)C. The van der Waals surface area contributed by atoms with Gasteiger partial charge < -0.3 is 14.7 Å². The summed E-state index contributed by atoms with van der Waals surface area (Å²) in [6, 6.07) is 0.130. The molecule has 0 spiro atoms. The molecule has 0 bridgehead atoms. The van der Waals surface area contributed by atoms with E-state index in [2.05, 4.69) is 4.90 Å². The zero-order valence-corrected chi connectivity index (χ0v) is 11.3. The second kappa shape index (κ2) is 5.69. The number of carbonyl (C=O) groups excluding carboxylic acids is 1. The van der Waals surface area contributed by atoms with Gasteiger partial charge in [-0.15, -0.1) is 0 Å². The van der Waals surface area contributed by atoms with Crippen molar-refractivity contribution in [3.8, 4) is 0 Å². The highest BCUT2D eigenvalue weighted by atomic mass is 16.6. The fraction of sp³-hybridized carbons (Fsp3) is 0.917. The Kier molecular flexibility index (Phi) is 4.77. The standard InChI is InChI=1S/C12H24N2O3/c1-10-9-13(7-8-15)5-6-14(10)11(16)17-12(2,3)4/h10,15H,5-9H2,1-4H3/t10-/m0/s1. The van der Waals surface area contributed by atoms with Gasteiger partial charge in [0.05, 0.1) is 6.61 Å². The smallest absolute Gasteiger partial charge is 0.410 e. The molecule has 1 fully saturated rings. The largest absolute Gasteiger partial charge is 0.444 e. The quantitative estimate of drug-likeness (QED) is 0.785. The second-order valence-corrected chi connectivity index (χ2v) is 5.55. The predicted molar refractivity (Wildman–Crippen MR) is 65.9 cm³/mol. The van der Waals surface area contributed by atoms with Gasteiger partial charge in [0.1, 0.15) is 5.60 Å². The topological polar surface area (TPSA) is 53.0 Å². The van der Waals surface area contributed by atoms with Crippen LogP contribution in [0.2, 0.25) is 0 Å². The molecule has 100 valence electrons. The third-order valence-corrected chi connectivity index (χ3v) is 2.76. The van der Waals surface area contributed by atoms with Crippen LogP contribution in [-0.2, 0) is 4.74 Å². The number of aliphatic hydroxyl groups excluding tert-OH is 1. The number of carbonyl (C=O) groups is 1. The Hall–Kier alpha value is -0.810. The molecule has 1 aliphatic rings. The molecule has 1 atom stereocenters. The van der Waals surface area contributed by atoms with Crippen LogP contribution in [0.1, 0.15) is 27.7 Å². The Bertz CT molecular complexity index is 263. The van der Waals surface area contributed by atoms with Crippen molar-refractivity contribution in [1.29, 1.82) is 0 Å². The average molecular weight is 244 g/mol. The molecule has 0 aromatic rings. The Morgan fingerprint density at radius 1 is 1.41 bits per heavy atom. The molecule has 1 amide bonds. The minimum Gasteiger partial charge on any atom is -0.444 e. The van der Waals surface area contributed by atoms with Crippen molar-refractivity contribution in [3.05, 3.63) is 0 Å². The number of ether oxygens (including phenoxy) is 1. The lowest BCUT2D eigenvalue weighted by Crippen LogP contribution is -2.55. The minimum atomic E-state index is -0.445. The van der Waals surface area contributed by atoms with Crippen LogP contribution in [0.5, 0.6) is 0 Å². The van der Waals surface area contributed by atoms with Crippen molar-refractivity contribution in [3.63, 3.8) is 0 Å². The summed E-state index contributed by atoms with van der Waals surface area (Å²) < 4.78 is 5.36. The molecule has 1 rings (SSSR count). The molecule has 1 saturated heterocycles. The zero-order valence-electron chi connectivity index (χ0n) is 11.3. The summed E-state index contributed by atoms with van der Waals surface area (Å²) in [7, 11) is 0. The van der Waals surface area contributed by atoms with Crippen LogP contribution in [0.4, 0.5) is 4.79 Å². The fourth-order valence-electron chi connectivity index (χ4n) is 1.97. The Morgan fingerprint density at radius 2 is 2.06 bits per heavy atom. The first kappa shape index (κ1) is 14.3.